The van der Waals surface area contributed by atoms with E-state index in [4.69, 9.17) is 11.6 Å². The molecule has 1 aromatic carbocycles. The lowest BCUT2D eigenvalue weighted by molar-refractivity contribution is 1.62. The Bertz CT molecular complexity index is 147. The monoisotopic (exact) mass is 188 g/mol. The van der Waals surface area contributed by atoms with Gasteiger partial charge in [-0.1, -0.05) is 27.5 Å². The van der Waals surface area contributed by atoms with E-state index in [9.17, 15) is 0 Å². The molecule has 2 radical (unpaired) electrons. The average molecular weight is 189 g/mol. The van der Waals surface area contributed by atoms with Gasteiger partial charge in [-0.25, -0.2) is 0 Å². The third-order valence-electron chi connectivity index (χ3n) is 0.674. The fraction of sp³-hybridized carbons (Fsp3) is 0. The Hall–Kier alpha value is -0.0100. The smallest absolute Gasteiger partial charge is 0.0491 e. The maximum absolute atomic E-state index is 5.50. The summed E-state index contributed by atoms with van der Waals surface area (Å²) in [5, 5.41) is 0.591. The van der Waals surface area contributed by atoms with Gasteiger partial charge in [-0.15, -0.1) is 0 Å². The molecule has 40 valence electrons. The van der Waals surface area contributed by atoms with Gasteiger partial charge >= 0.3 is 0 Å². The highest BCUT2D eigenvalue weighted by Gasteiger charge is 1.85. The molecule has 0 amide bonds. The second kappa shape index (κ2) is 2.51. The fourth-order valence-corrected chi connectivity index (χ4v) is 0.686. The van der Waals surface area contributed by atoms with Crippen LogP contribution in [0.25, 0.3) is 0 Å². The van der Waals surface area contributed by atoms with Crippen molar-refractivity contribution in [2.24, 2.45) is 0 Å². The summed E-state index contributed by atoms with van der Waals surface area (Å²) in [7, 11) is 0. The van der Waals surface area contributed by atoms with E-state index in [0.29, 0.717) is 5.02 Å². The van der Waals surface area contributed by atoms with Gasteiger partial charge in [0.25, 0.3) is 0 Å². The molecular weight excluding hydrogens is 187 g/mol. The molecule has 0 bridgehead atoms. The van der Waals surface area contributed by atoms with Gasteiger partial charge < -0.3 is 0 Å². The Morgan fingerprint density at radius 3 is 2.50 bits per heavy atom. The molecule has 0 saturated heterocycles. The lowest BCUT2D eigenvalue weighted by Gasteiger charge is -1.84. The maximum Gasteiger partial charge on any atom is 0.0491 e. The van der Waals surface area contributed by atoms with Crippen molar-refractivity contribution in [2.45, 2.75) is 0 Å². The first kappa shape index (κ1) is 6.12. The van der Waals surface area contributed by atoms with E-state index in [-0.39, 0.29) is 0 Å². The molecule has 0 unspecified atom stereocenters. The highest BCUT2D eigenvalue weighted by Crippen LogP contribution is 2.11. The number of benzene rings is 1. The van der Waals surface area contributed by atoms with E-state index in [1.807, 2.05) is 0 Å². The van der Waals surface area contributed by atoms with Crippen molar-refractivity contribution in [3.8, 4) is 0 Å². The van der Waals surface area contributed by atoms with Gasteiger partial charge in [-0.05, 0) is 18.2 Å². The number of hydrogen-bond donors (Lipinski definition) is 0. The number of rotatable bonds is 0. The standard InChI is InChI=1S/C6H2BrCl/c7-5-1-3-6(8)4-2-5/h1,4H. The first-order valence-corrected chi connectivity index (χ1v) is 3.20. The molecule has 0 N–H and O–H groups in total. The first-order valence-electron chi connectivity index (χ1n) is 2.03. The van der Waals surface area contributed by atoms with Crippen LogP contribution >= 0.6 is 27.5 Å². The molecule has 1 aromatic rings. The number of halogens is 2. The van der Waals surface area contributed by atoms with Crippen LogP contribution in [0.4, 0.5) is 0 Å². The van der Waals surface area contributed by atoms with Gasteiger partial charge in [-0.3, -0.25) is 0 Å². The Morgan fingerprint density at radius 1 is 1.38 bits per heavy atom. The molecule has 0 aliphatic carbocycles. The zero-order valence-electron chi connectivity index (χ0n) is 3.91. The summed E-state index contributed by atoms with van der Waals surface area (Å²) in [4.78, 5) is 0. The average Bonchev–Trinajstić information content (AvgIpc) is 1.77. The van der Waals surface area contributed by atoms with Crippen LogP contribution in [0.15, 0.2) is 16.6 Å². The molecular formula is C6H2BrCl. The lowest BCUT2D eigenvalue weighted by atomic mass is 10.4. The van der Waals surface area contributed by atoms with Crippen molar-refractivity contribution in [3.63, 3.8) is 0 Å². The highest BCUT2D eigenvalue weighted by atomic mass is 79.9. The molecule has 0 spiro atoms. The molecule has 0 nitrogen and oxygen atoms in total. The quantitative estimate of drug-likeness (QED) is 0.589. The fourth-order valence-electron chi connectivity index (χ4n) is 0.348. The molecule has 0 fully saturated rings. The van der Waals surface area contributed by atoms with Crippen LogP contribution < -0.4 is 0 Å². The van der Waals surface area contributed by atoms with Crippen molar-refractivity contribution in [2.75, 3.05) is 0 Å². The summed E-state index contributed by atoms with van der Waals surface area (Å²) >= 11 is 8.70. The van der Waals surface area contributed by atoms with Crippen LogP contribution in [0.1, 0.15) is 0 Å². The zero-order valence-corrected chi connectivity index (χ0v) is 6.25. The maximum atomic E-state index is 5.50. The second-order valence-electron chi connectivity index (χ2n) is 1.27. The lowest BCUT2D eigenvalue weighted by Crippen LogP contribution is -1.63. The van der Waals surface area contributed by atoms with Crippen molar-refractivity contribution < 1.29 is 0 Å². The van der Waals surface area contributed by atoms with Crippen molar-refractivity contribution in [1.82, 2.24) is 0 Å². The minimum Gasteiger partial charge on any atom is -0.0836 e. The summed E-state index contributed by atoms with van der Waals surface area (Å²) < 4.78 is 0.877. The van der Waals surface area contributed by atoms with Gasteiger partial charge in [0.15, 0.2) is 0 Å². The molecule has 0 aromatic heterocycles. The Balaban J connectivity index is 3.03. The van der Waals surface area contributed by atoms with Gasteiger partial charge in [0.2, 0.25) is 0 Å². The van der Waals surface area contributed by atoms with E-state index in [1.165, 1.54) is 0 Å². The third kappa shape index (κ3) is 1.49. The molecule has 0 aliphatic heterocycles. The van der Waals surface area contributed by atoms with Gasteiger partial charge in [0.05, 0.1) is 0 Å². The highest BCUT2D eigenvalue weighted by molar-refractivity contribution is 9.10. The predicted octanol–water partition coefficient (Wildman–Crippen LogP) is 2.70. The molecule has 1 rings (SSSR count). The van der Waals surface area contributed by atoms with Gasteiger partial charge in [-0.2, -0.15) is 0 Å². The second-order valence-corrected chi connectivity index (χ2v) is 2.53. The molecule has 2 heteroatoms. The van der Waals surface area contributed by atoms with Crippen molar-refractivity contribution in [3.05, 3.63) is 33.8 Å². The largest absolute Gasteiger partial charge is 0.0836 e. The Kier molecular flexibility index (Phi) is 1.92. The van der Waals surface area contributed by atoms with E-state index in [1.54, 1.807) is 12.1 Å². The Morgan fingerprint density at radius 2 is 2.12 bits per heavy atom. The minimum absolute atomic E-state index is 0.591. The summed E-state index contributed by atoms with van der Waals surface area (Å²) in [6.45, 7) is 0. The van der Waals surface area contributed by atoms with E-state index in [2.05, 4.69) is 28.1 Å². The molecule has 0 atom stereocenters. The summed E-state index contributed by atoms with van der Waals surface area (Å²) in [5.74, 6) is 0. The molecule has 0 saturated carbocycles. The van der Waals surface area contributed by atoms with Crippen LogP contribution in [-0.4, -0.2) is 0 Å². The summed E-state index contributed by atoms with van der Waals surface area (Å²) in [6.07, 6.45) is 0. The van der Waals surface area contributed by atoms with Crippen LogP contribution in [0.2, 0.25) is 5.02 Å². The van der Waals surface area contributed by atoms with Crippen molar-refractivity contribution >= 4 is 27.5 Å². The zero-order chi connectivity index (χ0) is 5.98. The SMILES string of the molecule is Clc1[c]cc(Br)[c]c1. The molecule has 8 heavy (non-hydrogen) atoms. The van der Waals surface area contributed by atoms with Crippen LogP contribution in [-0.2, 0) is 0 Å². The summed E-state index contributed by atoms with van der Waals surface area (Å²) in [5.41, 5.74) is 0. The minimum atomic E-state index is 0.591. The topological polar surface area (TPSA) is 0 Å². The predicted molar refractivity (Wildman–Crippen MR) is 36.8 cm³/mol. The third-order valence-corrected chi connectivity index (χ3v) is 1.35. The van der Waals surface area contributed by atoms with E-state index in [0.717, 1.165) is 4.47 Å². The number of hydrogen-bond acceptors (Lipinski definition) is 0. The van der Waals surface area contributed by atoms with Gasteiger partial charge in [0.1, 0.15) is 0 Å². The van der Waals surface area contributed by atoms with Gasteiger partial charge in [0, 0.05) is 15.6 Å². The first-order chi connectivity index (χ1) is 3.79. The molecule has 0 aliphatic rings. The van der Waals surface area contributed by atoms with Crippen LogP contribution in [0, 0.1) is 12.1 Å². The van der Waals surface area contributed by atoms with E-state index < -0.39 is 0 Å². The normalized spacial score (nSPS) is 9.25. The van der Waals surface area contributed by atoms with E-state index >= 15 is 0 Å². The Labute approximate surface area is 61.6 Å². The van der Waals surface area contributed by atoms with Crippen LogP contribution in [0.3, 0.4) is 0 Å². The molecule has 0 heterocycles. The van der Waals surface area contributed by atoms with Crippen LogP contribution in [0.5, 0.6) is 0 Å². The van der Waals surface area contributed by atoms with Crippen molar-refractivity contribution in [1.29, 1.82) is 0 Å². The summed E-state index contributed by atoms with van der Waals surface area (Å²) in [6, 6.07) is 9.02.